The fourth-order valence-electron chi connectivity index (χ4n) is 5.17. The first-order valence-electron chi connectivity index (χ1n) is 13.8. The van der Waals surface area contributed by atoms with Gasteiger partial charge in [0.05, 0.1) is 17.9 Å². The third-order valence-electron chi connectivity index (χ3n) is 7.40. The molecule has 0 aliphatic heterocycles. The highest BCUT2D eigenvalue weighted by atomic mass is 16.5. The van der Waals surface area contributed by atoms with Gasteiger partial charge in [-0.25, -0.2) is 4.79 Å². The molecule has 38 heavy (non-hydrogen) atoms. The van der Waals surface area contributed by atoms with Crippen LogP contribution < -0.4 is 10.1 Å². The molecule has 3 aromatic carbocycles. The summed E-state index contributed by atoms with van der Waals surface area (Å²) in [6.45, 7) is 16.2. The van der Waals surface area contributed by atoms with Crippen LogP contribution in [0.15, 0.2) is 60.7 Å². The minimum atomic E-state index is -0.307. The first-order chi connectivity index (χ1) is 18.1. The maximum absolute atomic E-state index is 12.2. The second-order valence-corrected chi connectivity index (χ2v) is 11.1. The van der Waals surface area contributed by atoms with Crippen molar-refractivity contribution in [3.05, 3.63) is 94.1 Å². The zero-order valence-corrected chi connectivity index (χ0v) is 23.9. The van der Waals surface area contributed by atoms with Gasteiger partial charge in [0.15, 0.2) is 0 Å². The average molecular weight is 512 g/mol. The van der Waals surface area contributed by atoms with Crippen LogP contribution >= 0.6 is 0 Å². The van der Waals surface area contributed by atoms with Crippen molar-refractivity contribution in [2.75, 3.05) is 11.9 Å². The summed E-state index contributed by atoms with van der Waals surface area (Å²) in [4.78, 5) is 12.2. The number of hydrogen-bond acceptors (Lipinski definition) is 4. The molecule has 4 heteroatoms. The number of rotatable bonds is 9. The molecule has 1 N–H and O–H groups in total. The highest BCUT2D eigenvalue weighted by Gasteiger charge is 2.33. The van der Waals surface area contributed by atoms with Gasteiger partial charge in [0.2, 0.25) is 0 Å². The summed E-state index contributed by atoms with van der Waals surface area (Å²) in [5.74, 6) is 0.970. The number of hydrogen-bond donors (Lipinski definition) is 1. The highest BCUT2D eigenvalue weighted by molar-refractivity contribution is 5.90. The second kappa shape index (κ2) is 11.5. The quantitative estimate of drug-likeness (QED) is 0.292. The van der Waals surface area contributed by atoms with Gasteiger partial charge in [-0.15, -0.1) is 0 Å². The van der Waals surface area contributed by atoms with Crippen LogP contribution in [0.2, 0.25) is 0 Å². The van der Waals surface area contributed by atoms with Crippen molar-refractivity contribution in [1.29, 1.82) is 0 Å². The summed E-state index contributed by atoms with van der Waals surface area (Å²) in [6, 6.07) is 18.2. The summed E-state index contributed by atoms with van der Waals surface area (Å²) in [7, 11) is 0. The third-order valence-corrected chi connectivity index (χ3v) is 7.40. The van der Waals surface area contributed by atoms with Crippen molar-refractivity contribution in [2.45, 2.75) is 73.3 Å². The number of anilines is 2. The van der Waals surface area contributed by atoms with Gasteiger partial charge < -0.3 is 14.8 Å². The lowest BCUT2D eigenvalue weighted by Crippen LogP contribution is -2.24. The summed E-state index contributed by atoms with van der Waals surface area (Å²) in [5.41, 5.74) is 10.2. The number of nitrogens with one attached hydrogen (secondary N) is 1. The van der Waals surface area contributed by atoms with Crippen LogP contribution in [-0.2, 0) is 23.2 Å². The molecule has 0 heterocycles. The van der Waals surface area contributed by atoms with Crippen molar-refractivity contribution in [2.24, 2.45) is 5.92 Å². The Morgan fingerprint density at radius 1 is 1.03 bits per heavy atom. The minimum Gasteiger partial charge on any atom is -0.487 e. The van der Waals surface area contributed by atoms with E-state index in [1.165, 1.54) is 27.8 Å². The Bertz CT molecular complexity index is 1320. The Hall–Kier alpha value is -3.53. The molecule has 0 saturated carbocycles. The van der Waals surface area contributed by atoms with E-state index < -0.39 is 0 Å². The fraction of sp³-hybridized carbons (Fsp3) is 0.382. The lowest BCUT2D eigenvalue weighted by molar-refractivity contribution is 0.0526. The van der Waals surface area contributed by atoms with Crippen molar-refractivity contribution in [3.63, 3.8) is 0 Å². The molecule has 0 fully saturated rings. The van der Waals surface area contributed by atoms with E-state index in [2.05, 4.69) is 83.3 Å². The number of carbonyl (C=O) groups excluding carboxylic acids is 1. The molecule has 4 rings (SSSR count). The van der Waals surface area contributed by atoms with Crippen LogP contribution in [0.25, 0.3) is 5.57 Å². The first kappa shape index (κ1) is 27.5. The highest BCUT2D eigenvalue weighted by Crippen LogP contribution is 2.49. The summed E-state index contributed by atoms with van der Waals surface area (Å²) in [5, 5.41) is 3.67. The number of esters is 1. The summed E-state index contributed by atoms with van der Waals surface area (Å²) < 4.78 is 11.7. The molecular formula is C34H41NO3. The molecule has 0 bridgehead atoms. The third kappa shape index (κ3) is 5.80. The number of aryl methyl sites for hydroxylation is 1. The topological polar surface area (TPSA) is 47.6 Å². The number of fused-ring (bicyclic) bond motifs is 1. The van der Waals surface area contributed by atoms with Gasteiger partial charge >= 0.3 is 5.97 Å². The zero-order valence-electron chi connectivity index (χ0n) is 23.9. The smallest absolute Gasteiger partial charge is 0.338 e. The van der Waals surface area contributed by atoms with Crippen molar-refractivity contribution in [1.82, 2.24) is 0 Å². The Balaban J connectivity index is 1.81. The Morgan fingerprint density at radius 2 is 1.71 bits per heavy atom. The van der Waals surface area contributed by atoms with E-state index >= 15 is 0 Å². The van der Waals surface area contributed by atoms with E-state index in [1.807, 2.05) is 19.1 Å². The second-order valence-electron chi connectivity index (χ2n) is 11.1. The standard InChI is InChI=1S/C34H41NO3/c1-8-27-31-28(22(3)4)18-19-34(6,7)29(31)20-30(38-21-24-12-10-23(5)11-13-24)32(27)35-26-16-14-25(15-17-26)33(36)37-9-2/h10-18,20,22,35H,8-9,19,21H2,1-7H3. The summed E-state index contributed by atoms with van der Waals surface area (Å²) in [6.07, 6.45) is 4.31. The largest absolute Gasteiger partial charge is 0.487 e. The maximum Gasteiger partial charge on any atom is 0.338 e. The van der Waals surface area contributed by atoms with Gasteiger partial charge in [0.1, 0.15) is 12.4 Å². The Morgan fingerprint density at radius 3 is 2.32 bits per heavy atom. The van der Waals surface area contributed by atoms with Crippen LogP contribution in [-0.4, -0.2) is 12.6 Å². The number of carbonyl (C=O) groups is 1. The lowest BCUT2D eigenvalue weighted by Gasteiger charge is -2.36. The van der Waals surface area contributed by atoms with Gasteiger partial charge in [-0.2, -0.15) is 0 Å². The Kier molecular flexibility index (Phi) is 8.30. The molecular weight excluding hydrogens is 470 g/mol. The van der Waals surface area contributed by atoms with Crippen molar-refractivity contribution < 1.29 is 14.3 Å². The molecule has 0 aromatic heterocycles. The van der Waals surface area contributed by atoms with Gasteiger partial charge in [-0.05, 0) is 96.2 Å². The SMILES string of the molecule is CCOC(=O)c1ccc(Nc2c(OCc3ccc(C)cc3)cc3c(c2CC)C(C(C)C)=CCC3(C)C)cc1. The zero-order chi connectivity index (χ0) is 27.4. The van der Waals surface area contributed by atoms with Crippen molar-refractivity contribution in [3.8, 4) is 5.75 Å². The van der Waals surface area contributed by atoms with Gasteiger partial charge in [0.25, 0.3) is 0 Å². The molecule has 1 aliphatic carbocycles. The minimum absolute atomic E-state index is 0.0133. The molecule has 0 unspecified atom stereocenters. The predicted molar refractivity (Wildman–Crippen MR) is 157 cm³/mol. The number of benzene rings is 3. The molecule has 0 saturated heterocycles. The lowest BCUT2D eigenvalue weighted by atomic mass is 9.69. The number of allylic oxidation sites excluding steroid dienone is 2. The van der Waals surface area contributed by atoms with Crippen LogP contribution in [0.3, 0.4) is 0 Å². The fourth-order valence-corrected chi connectivity index (χ4v) is 5.17. The molecule has 0 atom stereocenters. The van der Waals surface area contributed by atoms with Crippen LogP contribution in [0.4, 0.5) is 11.4 Å². The van der Waals surface area contributed by atoms with Crippen LogP contribution in [0, 0.1) is 12.8 Å². The van der Waals surface area contributed by atoms with E-state index in [4.69, 9.17) is 9.47 Å². The molecule has 4 nitrogen and oxygen atoms in total. The van der Waals surface area contributed by atoms with E-state index in [0.717, 1.165) is 35.5 Å². The summed E-state index contributed by atoms with van der Waals surface area (Å²) >= 11 is 0. The molecule has 3 aromatic rings. The van der Waals surface area contributed by atoms with E-state index in [0.29, 0.717) is 24.7 Å². The normalized spacial score (nSPS) is 14.1. The van der Waals surface area contributed by atoms with E-state index in [1.54, 1.807) is 12.1 Å². The van der Waals surface area contributed by atoms with Gasteiger partial charge in [-0.1, -0.05) is 70.5 Å². The predicted octanol–water partition coefficient (Wildman–Crippen LogP) is 8.78. The molecule has 0 radical (unpaired) electrons. The average Bonchev–Trinajstić information content (AvgIpc) is 2.89. The maximum atomic E-state index is 12.2. The van der Waals surface area contributed by atoms with Crippen LogP contribution in [0.5, 0.6) is 5.75 Å². The Labute approximate surface area is 228 Å². The van der Waals surface area contributed by atoms with Gasteiger partial charge in [-0.3, -0.25) is 0 Å². The number of ether oxygens (including phenoxy) is 2. The van der Waals surface area contributed by atoms with Gasteiger partial charge in [0, 0.05) is 5.69 Å². The first-order valence-corrected chi connectivity index (χ1v) is 13.8. The monoisotopic (exact) mass is 511 g/mol. The van der Waals surface area contributed by atoms with Crippen LogP contribution in [0.1, 0.15) is 86.1 Å². The van der Waals surface area contributed by atoms with E-state index in [9.17, 15) is 4.79 Å². The van der Waals surface area contributed by atoms with Crippen molar-refractivity contribution >= 4 is 22.9 Å². The molecule has 200 valence electrons. The molecule has 0 amide bonds. The van der Waals surface area contributed by atoms with E-state index in [-0.39, 0.29) is 11.4 Å². The molecule has 0 spiro atoms. The molecule has 1 aliphatic rings.